The van der Waals surface area contributed by atoms with Crippen molar-refractivity contribution in [3.8, 4) is 11.8 Å². The first-order chi connectivity index (χ1) is 6.20. The first-order valence-electron chi connectivity index (χ1n) is 3.89. The summed E-state index contributed by atoms with van der Waals surface area (Å²) in [5, 5.41) is 8.63. The van der Waals surface area contributed by atoms with Crippen LogP contribution in [-0.2, 0) is 6.42 Å². The van der Waals surface area contributed by atoms with Gasteiger partial charge >= 0.3 is 0 Å². The van der Waals surface area contributed by atoms with Crippen molar-refractivity contribution < 1.29 is 4.74 Å². The van der Waals surface area contributed by atoms with Gasteiger partial charge in [-0.2, -0.15) is 5.26 Å². The summed E-state index contributed by atoms with van der Waals surface area (Å²) in [5.74, 6) is 0.765. The Morgan fingerprint density at radius 1 is 1.54 bits per heavy atom. The van der Waals surface area contributed by atoms with E-state index in [0.717, 1.165) is 21.3 Å². The first-order valence-corrected chi connectivity index (χ1v) is 4.69. The molecule has 0 fully saturated rings. The topological polar surface area (TPSA) is 33.0 Å². The van der Waals surface area contributed by atoms with Gasteiger partial charge in [-0.1, -0.05) is 6.07 Å². The van der Waals surface area contributed by atoms with Gasteiger partial charge in [-0.15, -0.1) is 0 Å². The van der Waals surface area contributed by atoms with E-state index in [1.54, 1.807) is 7.11 Å². The third kappa shape index (κ3) is 2.02. The van der Waals surface area contributed by atoms with Gasteiger partial charge < -0.3 is 4.74 Å². The third-order valence-corrected chi connectivity index (χ3v) is 2.53. The zero-order valence-electron chi connectivity index (χ0n) is 7.60. The van der Waals surface area contributed by atoms with Crippen LogP contribution in [0.1, 0.15) is 11.1 Å². The van der Waals surface area contributed by atoms with Gasteiger partial charge in [-0.05, 0) is 34.5 Å². The fourth-order valence-corrected chi connectivity index (χ4v) is 1.75. The summed E-state index contributed by atoms with van der Waals surface area (Å²) in [5.41, 5.74) is 2.04. The normalized spacial score (nSPS) is 9.38. The standard InChI is InChI=1S/C10H10BrNO/c1-7-3-4-9(11)10(13-2)8(7)5-6-12/h3-4H,5H2,1-2H3. The van der Waals surface area contributed by atoms with Gasteiger partial charge in [0.05, 0.1) is 24.1 Å². The number of hydrogen-bond donors (Lipinski definition) is 0. The molecule has 0 aliphatic carbocycles. The Hall–Kier alpha value is -1.01. The van der Waals surface area contributed by atoms with Crippen LogP contribution in [0.3, 0.4) is 0 Å². The molecule has 1 rings (SSSR count). The smallest absolute Gasteiger partial charge is 0.137 e. The van der Waals surface area contributed by atoms with Crippen LogP contribution in [0.4, 0.5) is 0 Å². The van der Waals surface area contributed by atoms with Crippen molar-refractivity contribution in [2.75, 3.05) is 7.11 Å². The van der Waals surface area contributed by atoms with Gasteiger partial charge in [0.15, 0.2) is 0 Å². The van der Waals surface area contributed by atoms with Gasteiger partial charge in [-0.25, -0.2) is 0 Å². The second kappa shape index (κ2) is 4.29. The van der Waals surface area contributed by atoms with Crippen molar-refractivity contribution in [2.45, 2.75) is 13.3 Å². The maximum Gasteiger partial charge on any atom is 0.137 e. The minimum absolute atomic E-state index is 0.383. The summed E-state index contributed by atoms with van der Waals surface area (Å²) >= 11 is 3.38. The fourth-order valence-electron chi connectivity index (χ4n) is 1.22. The molecule has 2 nitrogen and oxygen atoms in total. The molecular formula is C10H10BrNO. The summed E-state index contributed by atoms with van der Waals surface area (Å²) < 4.78 is 6.11. The molecule has 0 atom stereocenters. The van der Waals surface area contributed by atoms with Gasteiger partial charge in [0, 0.05) is 5.56 Å². The lowest BCUT2D eigenvalue weighted by Crippen LogP contribution is -1.95. The average molecular weight is 240 g/mol. The van der Waals surface area contributed by atoms with Crippen LogP contribution in [0, 0.1) is 18.3 Å². The van der Waals surface area contributed by atoms with E-state index in [4.69, 9.17) is 10.00 Å². The molecule has 0 heterocycles. The molecule has 13 heavy (non-hydrogen) atoms. The quantitative estimate of drug-likeness (QED) is 0.796. The second-order valence-electron chi connectivity index (χ2n) is 2.71. The minimum atomic E-state index is 0.383. The summed E-state index contributed by atoms with van der Waals surface area (Å²) in [7, 11) is 1.61. The molecule has 3 heteroatoms. The third-order valence-electron chi connectivity index (χ3n) is 1.91. The van der Waals surface area contributed by atoms with E-state index in [-0.39, 0.29) is 0 Å². The number of halogens is 1. The van der Waals surface area contributed by atoms with Crippen LogP contribution >= 0.6 is 15.9 Å². The highest BCUT2D eigenvalue weighted by molar-refractivity contribution is 9.10. The Morgan fingerprint density at radius 2 is 2.23 bits per heavy atom. The van der Waals surface area contributed by atoms with Gasteiger partial charge in [0.1, 0.15) is 5.75 Å². The zero-order chi connectivity index (χ0) is 9.84. The Morgan fingerprint density at radius 3 is 2.77 bits per heavy atom. The van der Waals surface area contributed by atoms with Crippen molar-refractivity contribution in [1.82, 2.24) is 0 Å². The molecule has 0 spiro atoms. The van der Waals surface area contributed by atoms with Crippen LogP contribution in [0.5, 0.6) is 5.75 Å². The number of ether oxygens (including phenoxy) is 1. The van der Waals surface area contributed by atoms with Gasteiger partial charge in [0.2, 0.25) is 0 Å². The second-order valence-corrected chi connectivity index (χ2v) is 3.57. The van der Waals surface area contributed by atoms with Crippen molar-refractivity contribution in [1.29, 1.82) is 5.26 Å². The minimum Gasteiger partial charge on any atom is -0.495 e. The van der Waals surface area contributed by atoms with Crippen LogP contribution in [0.25, 0.3) is 0 Å². The van der Waals surface area contributed by atoms with E-state index in [2.05, 4.69) is 22.0 Å². The van der Waals surface area contributed by atoms with Crippen LogP contribution in [0.15, 0.2) is 16.6 Å². The first kappa shape index (κ1) is 10.1. The lowest BCUT2D eigenvalue weighted by Gasteiger charge is -2.10. The highest BCUT2D eigenvalue weighted by atomic mass is 79.9. The highest BCUT2D eigenvalue weighted by Gasteiger charge is 2.09. The molecule has 68 valence electrons. The summed E-state index contributed by atoms with van der Waals surface area (Å²) in [6.07, 6.45) is 0.383. The number of nitrogens with zero attached hydrogens (tertiary/aromatic N) is 1. The highest BCUT2D eigenvalue weighted by Crippen LogP contribution is 2.31. The summed E-state index contributed by atoms with van der Waals surface area (Å²) in [6, 6.07) is 6.02. The van der Waals surface area contributed by atoms with E-state index in [9.17, 15) is 0 Å². The average Bonchev–Trinajstić information content (AvgIpc) is 2.12. The predicted molar refractivity (Wildman–Crippen MR) is 54.7 cm³/mol. The van der Waals surface area contributed by atoms with E-state index < -0.39 is 0 Å². The number of nitriles is 1. The monoisotopic (exact) mass is 239 g/mol. The molecule has 0 aliphatic rings. The number of aryl methyl sites for hydroxylation is 1. The Kier molecular flexibility index (Phi) is 3.32. The maximum absolute atomic E-state index is 8.63. The maximum atomic E-state index is 8.63. The molecule has 0 bridgehead atoms. The SMILES string of the molecule is COc1c(Br)ccc(C)c1CC#N. The summed E-state index contributed by atoms with van der Waals surface area (Å²) in [6.45, 7) is 1.97. The molecule has 0 aromatic heterocycles. The van der Waals surface area contributed by atoms with E-state index in [1.807, 2.05) is 19.1 Å². The Balaban J connectivity index is 3.27. The molecule has 0 radical (unpaired) electrons. The predicted octanol–water partition coefficient (Wildman–Crippen LogP) is 2.83. The summed E-state index contributed by atoms with van der Waals surface area (Å²) in [4.78, 5) is 0. The molecule has 0 saturated heterocycles. The largest absolute Gasteiger partial charge is 0.495 e. The van der Waals surface area contributed by atoms with Crippen LogP contribution < -0.4 is 4.74 Å². The molecular weight excluding hydrogens is 230 g/mol. The number of methoxy groups -OCH3 is 1. The van der Waals surface area contributed by atoms with Gasteiger partial charge in [0.25, 0.3) is 0 Å². The lowest BCUT2D eigenvalue weighted by molar-refractivity contribution is 0.407. The van der Waals surface area contributed by atoms with Crippen molar-refractivity contribution in [3.05, 3.63) is 27.7 Å². The molecule has 1 aromatic carbocycles. The fraction of sp³-hybridized carbons (Fsp3) is 0.300. The number of rotatable bonds is 2. The molecule has 0 amide bonds. The van der Waals surface area contributed by atoms with Crippen molar-refractivity contribution >= 4 is 15.9 Å². The number of benzene rings is 1. The van der Waals surface area contributed by atoms with E-state index >= 15 is 0 Å². The Labute approximate surface area is 86.3 Å². The van der Waals surface area contributed by atoms with Crippen LogP contribution in [0.2, 0.25) is 0 Å². The molecule has 0 saturated carbocycles. The van der Waals surface area contributed by atoms with Gasteiger partial charge in [-0.3, -0.25) is 0 Å². The van der Waals surface area contributed by atoms with Crippen molar-refractivity contribution in [2.24, 2.45) is 0 Å². The lowest BCUT2D eigenvalue weighted by atomic mass is 10.1. The molecule has 0 aliphatic heterocycles. The molecule has 0 N–H and O–H groups in total. The van der Waals surface area contributed by atoms with Crippen molar-refractivity contribution in [3.63, 3.8) is 0 Å². The zero-order valence-corrected chi connectivity index (χ0v) is 9.18. The number of hydrogen-bond acceptors (Lipinski definition) is 2. The molecule has 1 aromatic rings. The van der Waals surface area contributed by atoms with E-state index in [1.165, 1.54) is 0 Å². The van der Waals surface area contributed by atoms with E-state index in [0.29, 0.717) is 6.42 Å². The van der Waals surface area contributed by atoms with Crippen LogP contribution in [-0.4, -0.2) is 7.11 Å². The molecule has 0 unspecified atom stereocenters. The Bertz CT molecular complexity index is 355.